The summed E-state index contributed by atoms with van der Waals surface area (Å²) in [6.45, 7) is 0. The second kappa shape index (κ2) is 4.06. The first-order valence-electron chi connectivity index (χ1n) is 5.43. The van der Waals surface area contributed by atoms with E-state index in [1.54, 1.807) is 25.8 Å². The van der Waals surface area contributed by atoms with Crippen LogP contribution in [0.1, 0.15) is 0 Å². The molecule has 0 spiro atoms. The fraction of sp³-hybridized carbons (Fsp3) is 0.167. The minimum Gasteiger partial charge on any atom is -0.480 e. The Labute approximate surface area is 103 Å². The molecule has 90 valence electrons. The second-order valence-electron chi connectivity index (χ2n) is 3.82. The lowest BCUT2D eigenvalue weighted by Crippen LogP contribution is -1.96. The zero-order valence-electron chi connectivity index (χ0n) is 10.0. The number of methoxy groups -OCH3 is 1. The molecule has 3 heterocycles. The van der Waals surface area contributed by atoms with Gasteiger partial charge in [0.1, 0.15) is 5.52 Å². The molecular formula is C12H11N5O. The van der Waals surface area contributed by atoms with Crippen LogP contribution < -0.4 is 4.74 Å². The van der Waals surface area contributed by atoms with Crippen molar-refractivity contribution in [1.82, 2.24) is 24.5 Å². The third kappa shape index (κ3) is 1.58. The molecule has 0 radical (unpaired) electrons. The SMILES string of the molecule is COc1ncccc1-c1ncc2c(ncn2C)n1. The molecule has 0 aliphatic carbocycles. The van der Waals surface area contributed by atoms with Gasteiger partial charge in [0.15, 0.2) is 11.5 Å². The molecule has 6 nitrogen and oxygen atoms in total. The maximum absolute atomic E-state index is 5.20. The molecule has 0 aliphatic rings. The summed E-state index contributed by atoms with van der Waals surface area (Å²) < 4.78 is 7.07. The zero-order valence-corrected chi connectivity index (χ0v) is 10.0. The van der Waals surface area contributed by atoms with Crippen LogP contribution in [0.2, 0.25) is 0 Å². The maximum Gasteiger partial charge on any atom is 0.224 e. The highest BCUT2D eigenvalue weighted by Crippen LogP contribution is 2.24. The fourth-order valence-corrected chi connectivity index (χ4v) is 1.77. The topological polar surface area (TPSA) is 65.7 Å². The lowest BCUT2D eigenvalue weighted by Gasteiger charge is -2.05. The van der Waals surface area contributed by atoms with Crippen LogP contribution in [0.4, 0.5) is 0 Å². The van der Waals surface area contributed by atoms with Crippen molar-refractivity contribution in [2.45, 2.75) is 0 Å². The van der Waals surface area contributed by atoms with E-state index in [0.717, 1.165) is 11.1 Å². The molecule has 3 rings (SSSR count). The first kappa shape index (κ1) is 10.6. The Morgan fingerprint density at radius 2 is 2.11 bits per heavy atom. The average Bonchev–Trinajstić information content (AvgIpc) is 2.80. The molecule has 3 aromatic rings. The molecule has 3 aromatic heterocycles. The lowest BCUT2D eigenvalue weighted by molar-refractivity contribution is 0.399. The predicted molar refractivity (Wildman–Crippen MR) is 66.1 cm³/mol. The molecule has 0 saturated heterocycles. The van der Waals surface area contributed by atoms with Gasteiger partial charge in [0.2, 0.25) is 5.88 Å². The molecule has 0 aliphatic heterocycles. The normalized spacial score (nSPS) is 10.8. The third-order valence-electron chi connectivity index (χ3n) is 2.69. The minimum atomic E-state index is 0.507. The number of aromatic nitrogens is 5. The molecule has 0 atom stereocenters. The van der Waals surface area contributed by atoms with E-state index in [2.05, 4.69) is 19.9 Å². The van der Waals surface area contributed by atoms with Crippen LogP contribution in [0.25, 0.3) is 22.6 Å². The largest absolute Gasteiger partial charge is 0.480 e. The van der Waals surface area contributed by atoms with Gasteiger partial charge in [0.05, 0.1) is 25.2 Å². The summed E-state index contributed by atoms with van der Waals surface area (Å²) in [5.41, 5.74) is 2.31. The molecule has 0 aromatic carbocycles. The Morgan fingerprint density at radius 1 is 1.22 bits per heavy atom. The second-order valence-corrected chi connectivity index (χ2v) is 3.82. The predicted octanol–water partition coefficient (Wildman–Crippen LogP) is 1.43. The van der Waals surface area contributed by atoms with Crippen molar-refractivity contribution in [3.63, 3.8) is 0 Å². The maximum atomic E-state index is 5.20. The number of hydrogen-bond acceptors (Lipinski definition) is 5. The zero-order chi connectivity index (χ0) is 12.5. The van der Waals surface area contributed by atoms with Crippen molar-refractivity contribution in [3.8, 4) is 17.3 Å². The molecule has 0 saturated carbocycles. The molecule has 0 bridgehead atoms. The molecule has 0 unspecified atom stereocenters. The van der Waals surface area contributed by atoms with E-state index in [4.69, 9.17) is 4.74 Å². The van der Waals surface area contributed by atoms with Gasteiger partial charge in [-0.1, -0.05) is 0 Å². The van der Waals surface area contributed by atoms with Gasteiger partial charge < -0.3 is 9.30 Å². The van der Waals surface area contributed by atoms with Crippen molar-refractivity contribution >= 4 is 11.2 Å². The van der Waals surface area contributed by atoms with Crippen molar-refractivity contribution in [2.75, 3.05) is 7.11 Å². The Hall–Kier alpha value is -2.50. The van der Waals surface area contributed by atoms with Crippen LogP contribution in [0.15, 0.2) is 30.9 Å². The number of fused-ring (bicyclic) bond motifs is 1. The van der Waals surface area contributed by atoms with Crippen LogP contribution in [0.3, 0.4) is 0 Å². The standard InChI is InChI=1S/C12H11N5O/c1-17-7-15-11-9(17)6-14-10(16-11)8-4-3-5-13-12(8)18-2/h3-7H,1-2H3. The Morgan fingerprint density at radius 3 is 2.94 bits per heavy atom. The summed E-state index contributed by atoms with van der Waals surface area (Å²) >= 11 is 0. The van der Waals surface area contributed by atoms with Crippen molar-refractivity contribution in [3.05, 3.63) is 30.9 Å². The van der Waals surface area contributed by atoms with Gasteiger partial charge in [-0.05, 0) is 12.1 Å². The summed E-state index contributed by atoms with van der Waals surface area (Å²) in [6.07, 6.45) is 5.13. The molecule has 18 heavy (non-hydrogen) atoms. The van der Waals surface area contributed by atoms with Crippen LogP contribution >= 0.6 is 0 Å². The smallest absolute Gasteiger partial charge is 0.224 e. The highest BCUT2D eigenvalue weighted by Gasteiger charge is 2.11. The number of imidazole rings is 1. The monoisotopic (exact) mass is 241 g/mol. The van der Waals surface area contributed by atoms with E-state index in [9.17, 15) is 0 Å². The number of rotatable bonds is 2. The number of nitrogens with zero attached hydrogens (tertiary/aromatic N) is 5. The van der Waals surface area contributed by atoms with Gasteiger partial charge in [-0.3, -0.25) is 0 Å². The van der Waals surface area contributed by atoms with Crippen LogP contribution in [0, 0.1) is 0 Å². The van der Waals surface area contributed by atoms with E-state index in [-0.39, 0.29) is 0 Å². The van der Waals surface area contributed by atoms with Gasteiger partial charge >= 0.3 is 0 Å². The Bertz CT molecular complexity index is 707. The van der Waals surface area contributed by atoms with Gasteiger partial charge in [-0.25, -0.2) is 19.9 Å². The Kier molecular flexibility index (Phi) is 2.40. The molecule has 0 fully saturated rings. The number of aryl methyl sites for hydroxylation is 1. The van der Waals surface area contributed by atoms with E-state index < -0.39 is 0 Å². The lowest BCUT2D eigenvalue weighted by atomic mass is 10.2. The summed E-state index contributed by atoms with van der Waals surface area (Å²) in [7, 11) is 3.48. The summed E-state index contributed by atoms with van der Waals surface area (Å²) in [6, 6.07) is 3.69. The first-order chi connectivity index (χ1) is 8.79. The highest BCUT2D eigenvalue weighted by molar-refractivity contribution is 5.73. The van der Waals surface area contributed by atoms with E-state index >= 15 is 0 Å². The fourth-order valence-electron chi connectivity index (χ4n) is 1.77. The number of hydrogen-bond donors (Lipinski definition) is 0. The van der Waals surface area contributed by atoms with Crippen molar-refractivity contribution in [2.24, 2.45) is 7.05 Å². The molecule has 0 amide bonds. The quantitative estimate of drug-likeness (QED) is 0.679. The minimum absolute atomic E-state index is 0.507. The van der Waals surface area contributed by atoms with Gasteiger partial charge in [0.25, 0.3) is 0 Å². The number of pyridine rings is 1. The average molecular weight is 241 g/mol. The van der Waals surface area contributed by atoms with Crippen LogP contribution in [-0.4, -0.2) is 31.6 Å². The molecule has 0 N–H and O–H groups in total. The van der Waals surface area contributed by atoms with Gasteiger partial charge in [-0.15, -0.1) is 0 Å². The Balaban J connectivity index is 2.19. The van der Waals surface area contributed by atoms with Crippen LogP contribution in [-0.2, 0) is 7.05 Å². The van der Waals surface area contributed by atoms with Crippen molar-refractivity contribution < 1.29 is 4.74 Å². The summed E-state index contributed by atoms with van der Waals surface area (Å²) in [4.78, 5) is 17.1. The number of ether oxygens (including phenoxy) is 1. The van der Waals surface area contributed by atoms with E-state index in [1.165, 1.54) is 0 Å². The summed E-state index contributed by atoms with van der Waals surface area (Å²) in [5, 5.41) is 0. The van der Waals surface area contributed by atoms with E-state index in [0.29, 0.717) is 17.4 Å². The van der Waals surface area contributed by atoms with E-state index in [1.807, 2.05) is 23.7 Å². The van der Waals surface area contributed by atoms with Crippen LogP contribution in [0.5, 0.6) is 5.88 Å². The first-order valence-corrected chi connectivity index (χ1v) is 5.43. The van der Waals surface area contributed by atoms with Gasteiger partial charge in [0, 0.05) is 13.2 Å². The highest BCUT2D eigenvalue weighted by atomic mass is 16.5. The molecule has 6 heteroatoms. The van der Waals surface area contributed by atoms with Gasteiger partial charge in [-0.2, -0.15) is 0 Å². The third-order valence-corrected chi connectivity index (χ3v) is 2.69. The summed E-state index contributed by atoms with van der Waals surface area (Å²) in [5.74, 6) is 1.07. The molecular weight excluding hydrogens is 230 g/mol. The van der Waals surface area contributed by atoms with Crippen molar-refractivity contribution in [1.29, 1.82) is 0 Å².